The van der Waals surface area contributed by atoms with E-state index in [4.69, 9.17) is 11.6 Å². The Kier molecular flexibility index (Phi) is 5.28. The molecule has 0 bridgehead atoms. The average Bonchev–Trinajstić information content (AvgIpc) is 2.76. The van der Waals surface area contributed by atoms with Crippen LogP contribution in [-0.4, -0.2) is 17.1 Å². The number of fused-ring (bicyclic) bond motifs is 1. The Morgan fingerprint density at radius 2 is 1.86 bits per heavy atom. The van der Waals surface area contributed by atoms with Gasteiger partial charge in [0.05, 0.1) is 6.10 Å². The van der Waals surface area contributed by atoms with Crippen molar-refractivity contribution < 1.29 is 5.11 Å². The highest BCUT2D eigenvalue weighted by Gasteiger charge is 2.29. The highest BCUT2D eigenvalue weighted by atomic mass is 35.5. The monoisotopic (exact) mass is 323 g/mol. The summed E-state index contributed by atoms with van der Waals surface area (Å²) in [6.45, 7) is 0.953. The molecule has 2 aromatic carbocycles. The third-order valence-corrected chi connectivity index (χ3v) is 4.32. The summed E-state index contributed by atoms with van der Waals surface area (Å²) in [4.78, 5) is 2.30. The van der Waals surface area contributed by atoms with Crippen molar-refractivity contribution in [2.24, 2.45) is 0 Å². The summed E-state index contributed by atoms with van der Waals surface area (Å²) < 4.78 is 0. The molecule has 4 heteroatoms. The lowest BCUT2D eigenvalue weighted by atomic mass is 9.96. The molecule has 1 heterocycles. The van der Waals surface area contributed by atoms with Gasteiger partial charge in [0.25, 0.3) is 0 Å². The van der Waals surface area contributed by atoms with E-state index in [-0.39, 0.29) is 18.4 Å². The largest absolute Gasteiger partial charge is 0.388 e. The van der Waals surface area contributed by atoms with Gasteiger partial charge in [-0.2, -0.15) is 0 Å². The van der Waals surface area contributed by atoms with Crippen LogP contribution >= 0.6 is 24.0 Å². The summed E-state index contributed by atoms with van der Waals surface area (Å²) in [5.41, 5.74) is 3.62. The van der Waals surface area contributed by atoms with Crippen molar-refractivity contribution in [1.82, 2.24) is 4.90 Å². The second-order valence-corrected chi connectivity index (χ2v) is 5.87. The van der Waals surface area contributed by atoms with Crippen LogP contribution in [0, 0.1) is 0 Å². The standard InChI is InChI=1S/C17H18ClNO.ClH/c1-19-11-13-4-2-3-5-15(13)16(19)10-17(20)12-6-8-14(18)9-7-12;/h2-9,16-17,20H,10-11H2,1H3;1H/t16-,17+;/m0./s1. The van der Waals surface area contributed by atoms with Crippen molar-refractivity contribution in [3.63, 3.8) is 0 Å². The second-order valence-electron chi connectivity index (χ2n) is 5.43. The van der Waals surface area contributed by atoms with E-state index in [2.05, 4.69) is 36.2 Å². The molecular weight excluding hydrogens is 305 g/mol. The Labute approximate surface area is 136 Å². The lowest BCUT2D eigenvalue weighted by molar-refractivity contribution is 0.120. The van der Waals surface area contributed by atoms with Crippen LogP contribution in [0.5, 0.6) is 0 Å². The van der Waals surface area contributed by atoms with Crippen LogP contribution in [0.2, 0.25) is 5.02 Å². The minimum atomic E-state index is -0.467. The first-order valence-electron chi connectivity index (χ1n) is 6.86. The topological polar surface area (TPSA) is 23.5 Å². The summed E-state index contributed by atoms with van der Waals surface area (Å²) in [6.07, 6.45) is 0.237. The van der Waals surface area contributed by atoms with Gasteiger partial charge in [-0.05, 0) is 42.3 Å². The molecule has 0 saturated heterocycles. The molecule has 21 heavy (non-hydrogen) atoms. The molecule has 0 spiro atoms. The average molecular weight is 324 g/mol. The van der Waals surface area contributed by atoms with Gasteiger partial charge >= 0.3 is 0 Å². The first kappa shape index (κ1) is 16.3. The molecule has 1 N–H and O–H groups in total. The third kappa shape index (κ3) is 3.41. The predicted octanol–water partition coefficient (Wildman–Crippen LogP) is 4.37. The number of aliphatic hydroxyl groups is 1. The summed E-state index contributed by atoms with van der Waals surface area (Å²) in [5.74, 6) is 0. The molecule has 2 aromatic rings. The third-order valence-electron chi connectivity index (χ3n) is 4.07. The van der Waals surface area contributed by atoms with Crippen LogP contribution < -0.4 is 0 Å². The van der Waals surface area contributed by atoms with E-state index in [0.717, 1.165) is 12.1 Å². The zero-order chi connectivity index (χ0) is 14.1. The second kappa shape index (κ2) is 6.80. The molecule has 0 radical (unpaired) electrons. The zero-order valence-corrected chi connectivity index (χ0v) is 13.4. The van der Waals surface area contributed by atoms with Gasteiger partial charge < -0.3 is 5.11 Å². The smallest absolute Gasteiger partial charge is 0.0808 e. The molecule has 2 atom stereocenters. The fourth-order valence-electron chi connectivity index (χ4n) is 2.96. The maximum absolute atomic E-state index is 10.4. The summed E-state index contributed by atoms with van der Waals surface area (Å²) in [6, 6.07) is 16.2. The summed E-state index contributed by atoms with van der Waals surface area (Å²) in [7, 11) is 2.11. The Morgan fingerprint density at radius 1 is 1.19 bits per heavy atom. The predicted molar refractivity (Wildman–Crippen MR) is 88.9 cm³/mol. The Bertz CT molecular complexity index is 600. The van der Waals surface area contributed by atoms with E-state index in [1.54, 1.807) is 0 Å². The zero-order valence-electron chi connectivity index (χ0n) is 11.9. The number of nitrogens with zero attached hydrogens (tertiary/aromatic N) is 1. The lowest BCUT2D eigenvalue weighted by Gasteiger charge is -2.23. The molecule has 0 unspecified atom stereocenters. The van der Waals surface area contributed by atoms with Gasteiger partial charge in [0.1, 0.15) is 0 Å². The van der Waals surface area contributed by atoms with E-state index < -0.39 is 6.10 Å². The highest BCUT2D eigenvalue weighted by molar-refractivity contribution is 6.30. The quantitative estimate of drug-likeness (QED) is 0.906. The number of rotatable bonds is 3. The van der Waals surface area contributed by atoms with Crippen molar-refractivity contribution in [3.05, 3.63) is 70.2 Å². The lowest BCUT2D eigenvalue weighted by Crippen LogP contribution is -2.19. The molecule has 0 aliphatic carbocycles. The number of halogens is 2. The number of hydrogen-bond donors (Lipinski definition) is 1. The van der Waals surface area contributed by atoms with Crippen molar-refractivity contribution in [2.75, 3.05) is 7.05 Å². The molecular formula is C17H19Cl2NO. The molecule has 0 fully saturated rings. The van der Waals surface area contributed by atoms with Gasteiger partial charge in [-0.1, -0.05) is 48.0 Å². The maximum Gasteiger partial charge on any atom is 0.0808 e. The molecule has 0 amide bonds. The molecule has 112 valence electrons. The summed E-state index contributed by atoms with van der Waals surface area (Å²) >= 11 is 5.89. The fraction of sp³-hybridized carbons (Fsp3) is 0.294. The van der Waals surface area contributed by atoms with E-state index in [9.17, 15) is 5.11 Å². The normalized spacial score (nSPS) is 18.9. The maximum atomic E-state index is 10.4. The number of benzene rings is 2. The van der Waals surface area contributed by atoms with Crippen LogP contribution in [-0.2, 0) is 6.54 Å². The SMILES string of the molecule is CN1Cc2ccccc2[C@@H]1C[C@@H](O)c1ccc(Cl)cc1.Cl. The minimum absolute atomic E-state index is 0. The van der Waals surface area contributed by atoms with Gasteiger partial charge in [-0.15, -0.1) is 12.4 Å². The van der Waals surface area contributed by atoms with Gasteiger partial charge in [0.2, 0.25) is 0 Å². The molecule has 0 aromatic heterocycles. The minimum Gasteiger partial charge on any atom is -0.388 e. The van der Waals surface area contributed by atoms with E-state index in [0.29, 0.717) is 11.4 Å². The van der Waals surface area contributed by atoms with Gasteiger partial charge in [0.15, 0.2) is 0 Å². The highest BCUT2D eigenvalue weighted by Crippen LogP contribution is 2.38. The Balaban J connectivity index is 0.00000161. The number of aliphatic hydroxyl groups excluding tert-OH is 1. The first-order valence-corrected chi connectivity index (χ1v) is 7.24. The van der Waals surface area contributed by atoms with Crippen molar-refractivity contribution in [2.45, 2.75) is 25.1 Å². The molecule has 2 nitrogen and oxygen atoms in total. The van der Waals surface area contributed by atoms with Crippen LogP contribution in [0.3, 0.4) is 0 Å². The van der Waals surface area contributed by atoms with Crippen molar-refractivity contribution >= 4 is 24.0 Å². The van der Waals surface area contributed by atoms with Crippen LogP contribution in [0.1, 0.15) is 35.3 Å². The van der Waals surface area contributed by atoms with Crippen molar-refractivity contribution in [3.8, 4) is 0 Å². The fourth-order valence-corrected chi connectivity index (χ4v) is 3.08. The van der Waals surface area contributed by atoms with Crippen LogP contribution in [0.4, 0.5) is 0 Å². The molecule has 1 aliphatic rings. The number of hydrogen-bond acceptors (Lipinski definition) is 2. The summed E-state index contributed by atoms with van der Waals surface area (Å²) in [5, 5.41) is 11.1. The van der Waals surface area contributed by atoms with Gasteiger partial charge in [0, 0.05) is 17.6 Å². The van der Waals surface area contributed by atoms with Crippen LogP contribution in [0.25, 0.3) is 0 Å². The van der Waals surface area contributed by atoms with Crippen LogP contribution in [0.15, 0.2) is 48.5 Å². The van der Waals surface area contributed by atoms with E-state index >= 15 is 0 Å². The Hall–Kier alpha value is -1.06. The molecule has 0 saturated carbocycles. The molecule has 1 aliphatic heterocycles. The van der Waals surface area contributed by atoms with E-state index in [1.165, 1.54) is 11.1 Å². The Morgan fingerprint density at radius 3 is 2.57 bits per heavy atom. The van der Waals surface area contributed by atoms with Gasteiger partial charge in [-0.25, -0.2) is 0 Å². The molecule has 3 rings (SSSR count). The van der Waals surface area contributed by atoms with Gasteiger partial charge in [-0.3, -0.25) is 4.90 Å². The first-order chi connectivity index (χ1) is 9.65. The van der Waals surface area contributed by atoms with E-state index in [1.807, 2.05) is 24.3 Å². The van der Waals surface area contributed by atoms with Crippen molar-refractivity contribution in [1.29, 1.82) is 0 Å².